The fraction of sp³-hybridized carbons (Fsp3) is 0.600. The largest absolute Gasteiger partial charge is 0.491 e. The van der Waals surface area contributed by atoms with Gasteiger partial charge in [-0.2, -0.15) is 0 Å². The van der Waals surface area contributed by atoms with E-state index in [4.69, 9.17) is 9.47 Å². The van der Waals surface area contributed by atoms with Crippen molar-refractivity contribution in [1.29, 1.82) is 0 Å². The van der Waals surface area contributed by atoms with E-state index in [9.17, 15) is 4.39 Å². The van der Waals surface area contributed by atoms with Gasteiger partial charge in [-0.05, 0) is 51.4 Å². The summed E-state index contributed by atoms with van der Waals surface area (Å²) in [5.74, 6) is 0.300. The van der Waals surface area contributed by atoms with Crippen molar-refractivity contribution in [2.75, 3.05) is 13.7 Å². The highest BCUT2D eigenvalue weighted by Crippen LogP contribution is 2.29. The van der Waals surface area contributed by atoms with Gasteiger partial charge in [0.25, 0.3) is 0 Å². The molecule has 1 heterocycles. The zero-order valence-corrected chi connectivity index (χ0v) is 11.8. The van der Waals surface area contributed by atoms with E-state index in [-0.39, 0.29) is 17.5 Å². The van der Waals surface area contributed by atoms with Crippen molar-refractivity contribution in [3.8, 4) is 5.75 Å². The van der Waals surface area contributed by atoms with Gasteiger partial charge in [0.1, 0.15) is 18.2 Å². The highest BCUT2D eigenvalue weighted by atomic mass is 19.1. The molecule has 0 saturated carbocycles. The van der Waals surface area contributed by atoms with Crippen molar-refractivity contribution in [2.24, 2.45) is 0 Å². The molecular formula is C15H22FNO2. The molecule has 1 aromatic carbocycles. The Hall–Kier alpha value is -1.13. The normalized spacial score (nSPS) is 21.6. The van der Waals surface area contributed by atoms with Gasteiger partial charge < -0.3 is 14.8 Å². The Bertz CT molecular complexity index is 434. The molecule has 1 aliphatic rings. The lowest BCUT2D eigenvalue weighted by molar-refractivity contribution is -0.0327. The third kappa shape index (κ3) is 4.18. The summed E-state index contributed by atoms with van der Waals surface area (Å²) >= 11 is 0. The zero-order chi connectivity index (χ0) is 13.9. The molecule has 106 valence electrons. The molecule has 0 aromatic heterocycles. The summed E-state index contributed by atoms with van der Waals surface area (Å²) in [7, 11) is 1.83. The lowest BCUT2D eigenvalue weighted by atomic mass is 10.1. The first-order chi connectivity index (χ1) is 8.98. The molecule has 1 atom stereocenters. The van der Waals surface area contributed by atoms with Crippen LogP contribution in [0, 0.1) is 5.82 Å². The van der Waals surface area contributed by atoms with Gasteiger partial charge in [0.2, 0.25) is 0 Å². The molecule has 2 rings (SSSR count). The molecule has 0 bridgehead atoms. The second kappa shape index (κ2) is 5.88. The van der Waals surface area contributed by atoms with E-state index in [2.05, 4.69) is 19.2 Å². The number of hydrogen-bond acceptors (Lipinski definition) is 3. The van der Waals surface area contributed by atoms with E-state index in [1.54, 1.807) is 0 Å². The summed E-state index contributed by atoms with van der Waals surface area (Å²) < 4.78 is 24.9. The number of hydrogen-bond donors (Lipinski definition) is 1. The maximum atomic E-state index is 13.4. The number of nitrogens with one attached hydrogen (secondary N) is 1. The van der Waals surface area contributed by atoms with E-state index in [1.165, 1.54) is 12.1 Å². The Labute approximate surface area is 114 Å². The van der Waals surface area contributed by atoms with Crippen LogP contribution in [0.4, 0.5) is 4.39 Å². The zero-order valence-electron chi connectivity index (χ0n) is 11.8. The van der Waals surface area contributed by atoms with Crippen molar-refractivity contribution in [3.63, 3.8) is 0 Å². The van der Waals surface area contributed by atoms with Crippen LogP contribution in [0.15, 0.2) is 18.2 Å². The van der Waals surface area contributed by atoms with Gasteiger partial charge in [-0.15, -0.1) is 0 Å². The number of rotatable bonds is 5. The summed E-state index contributed by atoms with van der Waals surface area (Å²) in [5.41, 5.74) is 0.818. The van der Waals surface area contributed by atoms with E-state index < -0.39 is 0 Å². The van der Waals surface area contributed by atoms with Crippen LogP contribution in [-0.4, -0.2) is 25.4 Å². The molecule has 1 aliphatic heterocycles. The first-order valence-electron chi connectivity index (χ1n) is 6.73. The second-order valence-electron chi connectivity index (χ2n) is 5.67. The topological polar surface area (TPSA) is 30.5 Å². The Morgan fingerprint density at radius 3 is 2.84 bits per heavy atom. The smallest absolute Gasteiger partial charge is 0.127 e. The highest BCUT2D eigenvalue weighted by molar-refractivity contribution is 5.29. The van der Waals surface area contributed by atoms with E-state index in [0.29, 0.717) is 18.9 Å². The molecule has 1 fully saturated rings. The van der Waals surface area contributed by atoms with Gasteiger partial charge in [0.05, 0.1) is 11.7 Å². The van der Waals surface area contributed by atoms with Gasteiger partial charge >= 0.3 is 0 Å². The molecule has 0 spiro atoms. The quantitative estimate of drug-likeness (QED) is 0.890. The predicted molar refractivity (Wildman–Crippen MR) is 72.8 cm³/mol. The number of benzene rings is 1. The van der Waals surface area contributed by atoms with E-state index in [1.807, 2.05) is 13.1 Å². The average molecular weight is 267 g/mol. The number of halogens is 1. The summed E-state index contributed by atoms with van der Waals surface area (Å²) in [6.45, 7) is 5.27. The molecule has 1 aromatic rings. The molecule has 0 amide bonds. The number of ether oxygens (including phenoxy) is 2. The summed E-state index contributed by atoms with van der Waals surface area (Å²) in [4.78, 5) is 0. The van der Waals surface area contributed by atoms with E-state index in [0.717, 1.165) is 18.4 Å². The Kier molecular flexibility index (Phi) is 4.42. The molecule has 1 unspecified atom stereocenters. The Morgan fingerprint density at radius 1 is 1.42 bits per heavy atom. The van der Waals surface area contributed by atoms with Crippen LogP contribution in [0.2, 0.25) is 0 Å². The first kappa shape index (κ1) is 14.3. The molecule has 0 aliphatic carbocycles. The van der Waals surface area contributed by atoms with Gasteiger partial charge in [-0.3, -0.25) is 0 Å². The van der Waals surface area contributed by atoms with Crippen molar-refractivity contribution >= 4 is 0 Å². The van der Waals surface area contributed by atoms with Gasteiger partial charge in [0, 0.05) is 12.6 Å². The second-order valence-corrected chi connectivity index (χ2v) is 5.67. The van der Waals surface area contributed by atoms with Crippen LogP contribution in [0.3, 0.4) is 0 Å². The fourth-order valence-corrected chi connectivity index (χ4v) is 2.39. The molecule has 4 heteroatoms. The molecule has 3 nitrogen and oxygen atoms in total. The molecule has 19 heavy (non-hydrogen) atoms. The fourth-order valence-electron chi connectivity index (χ4n) is 2.39. The van der Waals surface area contributed by atoms with Crippen LogP contribution in [0.25, 0.3) is 0 Å². The van der Waals surface area contributed by atoms with Gasteiger partial charge in [-0.25, -0.2) is 4.39 Å². The Morgan fingerprint density at radius 2 is 2.21 bits per heavy atom. The SMILES string of the molecule is CNCc1cc(F)cc(OCC2CCC(C)(C)O2)c1. The summed E-state index contributed by atoms with van der Waals surface area (Å²) in [5, 5.41) is 3.00. The van der Waals surface area contributed by atoms with Gasteiger partial charge in [-0.1, -0.05) is 0 Å². The van der Waals surface area contributed by atoms with Crippen molar-refractivity contribution in [1.82, 2.24) is 5.32 Å². The average Bonchev–Trinajstić information content (AvgIpc) is 2.66. The maximum absolute atomic E-state index is 13.4. The van der Waals surface area contributed by atoms with Crippen LogP contribution < -0.4 is 10.1 Å². The third-order valence-corrected chi connectivity index (χ3v) is 3.30. The third-order valence-electron chi connectivity index (χ3n) is 3.30. The first-order valence-corrected chi connectivity index (χ1v) is 6.73. The Balaban J connectivity index is 1.92. The minimum absolute atomic E-state index is 0.0622. The van der Waals surface area contributed by atoms with Crippen LogP contribution in [0.5, 0.6) is 5.75 Å². The minimum Gasteiger partial charge on any atom is -0.491 e. The lowest BCUT2D eigenvalue weighted by Gasteiger charge is -2.19. The van der Waals surface area contributed by atoms with Crippen LogP contribution >= 0.6 is 0 Å². The van der Waals surface area contributed by atoms with Crippen molar-refractivity contribution < 1.29 is 13.9 Å². The van der Waals surface area contributed by atoms with Crippen molar-refractivity contribution in [2.45, 2.75) is 44.9 Å². The molecule has 0 radical (unpaired) electrons. The van der Waals surface area contributed by atoms with Crippen LogP contribution in [-0.2, 0) is 11.3 Å². The molecular weight excluding hydrogens is 245 g/mol. The van der Waals surface area contributed by atoms with E-state index >= 15 is 0 Å². The van der Waals surface area contributed by atoms with Crippen molar-refractivity contribution in [3.05, 3.63) is 29.6 Å². The van der Waals surface area contributed by atoms with Crippen LogP contribution in [0.1, 0.15) is 32.3 Å². The highest BCUT2D eigenvalue weighted by Gasteiger charge is 2.31. The standard InChI is InChI=1S/C15H22FNO2/c1-15(2)5-4-13(19-15)10-18-14-7-11(9-17-3)6-12(16)8-14/h6-8,13,17H,4-5,9-10H2,1-3H3. The maximum Gasteiger partial charge on any atom is 0.127 e. The predicted octanol–water partition coefficient (Wildman–Crippen LogP) is 2.88. The monoisotopic (exact) mass is 267 g/mol. The lowest BCUT2D eigenvalue weighted by Crippen LogP contribution is -2.24. The molecule has 1 N–H and O–H groups in total. The summed E-state index contributed by atoms with van der Waals surface area (Å²) in [6.07, 6.45) is 2.13. The minimum atomic E-state index is -0.268. The summed E-state index contributed by atoms with van der Waals surface area (Å²) in [6, 6.07) is 4.79. The van der Waals surface area contributed by atoms with Gasteiger partial charge in [0.15, 0.2) is 0 Å². The molecule has 1 saturated heterocycles.